The van der Waals surface area contributed by atoms with Crippen LogP contribution in [0.1, 0.15) is 142 Å². The van der Waals surface area contributed by atoms with Gasteiger partial charge in [-0.05, 0) is 136 Å². The van der Waals surface area contributed by atoms with Gasteiger partial charge in [-0.2, -0.15) is 0 Å². The van der Waals surface area contributed by atoms with Crippen LogP contribution in [0.25, 0.3) is 38.7 Å². The van der Waals surface area contributed by atoms with E-state index >= 15 is 0 Å². The second-order valence-corrected chi connectivity index (χ2v) is 25.2. The molecule has 5 nitrogen and oxygen atoms in total. The SMILES string of the molecule is CC(C)(C)c1cc2c3c(c1)-n1c4oc5ccccc5c4c4cc(C(C)(C)C)cc(c41)B3c1ccc(N3c4ccc(C(C)(C)C)cc4C4(C)CCCCC34C)cc1N2C1=C2Oc3ccccc3C2CC=C1. The van der Waals surface area contributed by atoms with Crippen molar-refractivity contribution in [3.63, 3.8) is 0 Å². The molecule has 70 heavy (non-hydrogen) atoms. The van der Waals surface area contributed by atoms with Crippen LogP contribution in [0, 0.1) is 0 Å². The Labute approximate surface area is 413 Å². The standard InChI is InChI=1S/C64H64BN3O2/c1-60(2,3)37-25-28-48-45(32-37)63(10)29-16-17-30-64(63,11)68(48)40-26-27-46-50(36-40)66(49-22-18-21-42-41-19-12-14-23-53(41)69-58(42)49)51-34-39(62(7,8)9)35-52-56(51)65(46)47-33-38(61(4,5)6)31-44-55-43-20-13-15-24-54(43)70-59(55)67(52)57(44)47/h12-15,18-20,22-28,31-36,42H,16-17,21,29-30H2,1-11H3. The summed E-state index contributed by atoms with van der Waals surface area (Å²) in [6.07, 6.45) is 10.5. The Morgan fingerprint density at radius 3 is 2.17 bits per heavy atom. The average Bonchev–Trinajstić information content (AvgIpc) is 4.04. The summed E-state index contributed by atoms with van der Waals surface area (Å²) >= 11 is 0. The monoisotopic (exact) mass is 918 g/mol. The van der Waals surface area contributed by atoms with Gasteiger partial charge in [-0.15, -0.1) is 0 Å². The van der Waals surface area contributed by atoms with Gasteiger partial charge in [-0.25, -0.2) is 0 Å². The van der Waals surface area contributed by atoms with E-state index in [1.807, 2.05) is 0 Å². The molecule has 0 radical (unpaired) electrons. The summed E-state index contributed by atoms with van der Waals surface area (Å²) in [5.74, 6) is 2.15. The van der Waals surface area contributed by atoms with Crippen molar-refractivity contribution < 1.29 is 9.15 Å². The number of hydrogen-bond acceptors (Lipinski definition) is 4. The second kappa shape index (κ2) is 13.7. The molecule has 4 aliphatic heterocycles. The number of benzene rings is 6. The van der Waals surface area contributed by atoms with Gasteiger partial charge >= 0.3 is 0 Å². The molecule has 6 heterocycles. The number of rotatable bonds is 2. The van der Waals surface area contributed by atoms with Gasteiger partial charge in [0.05, 0.1) is 28.1 Å². The minimum absolute atomic E-state index is 0.00278. The molecule has 0 spiro atoms. The van der Waals surface area contributed by atoms with Crippen molar-refractivity contribution in [3.05, 3.63) is 161 Å². The average molecular weight is 918 g/mol. The van der Waals surface area contributed by atoms with Crippen molar-refractivity contribution in [1.82, 2.24) is 4.57 Å². The first-order chi connectivity index (χ1) is 33.3. The molecule has 0 N–H and O–H groups in total. The summed E-state index contributed by atoms with van der Waals surface area (Å²) in [5, 5.41) is 3.63. The first-order valence-corrected chi connectivity index (χ1v) is 26.1. The summed E-state index contributed by atoms with van der Waals surface area (Å²) in [5.41, 5.74) is 21.0. The van der Waals surface area contributed by atoms with Crippen LogP contribution >= 0.6 is 0 Å². The molecule has 6 heteroatoms. The Kier molecular flexibility index (Phi) is 8.33. The molecule has 0 bridgehead atoms. The molecule has 350 valence electrons. The molecule has 1 saturated carbocycles. The number of fused-ring (bicyclic) bond motifs is 15. The number of furan rings is 1. The van der Waals surface area contributed by atoms with Crippen molar-refractivity contribution in [2.45, 2.75) is 141 Å². The first-order valence-electron chi connectivity index (χ1n) is 26.1. The van der Waals surface area contributed by atoms with Gasteiger partial charge in [0.1, 0.15) is 17.1 Å². The van der Waals surface area contributed by atoms with Crippen LogP contribution in [0.15, 0.2) is 137 Å². The largest absolute Gasteiger partial charge is 0.459 e. The van der Waals surface area contributed by atoms with E-state index in [-0.39, 0.29) is 39.8 Å². The fraction of sp³-hybridized carbons (Fsp3) is 0.344. The van der Waals surface area contributed by atoms with E-state index in [1.165, 1.54) is 114 Å². The van der Waals surface area contributed by atoms with E-state index in [0.29, 0.717) is 0 Å². The lowest BCUT2D eigenvalue weighted by atomic mass is 9.33. The van der Waals surface area contributed by atoms with Crippen LogP contribution < -0.4 is 30.9 Å². The Balaban J connectivity index is 1.11. The lowest BCUT2D eigenvalue weighted by molar-refractivity contribution is 0.195. The van der Waals surface area contributed by atoms with Gasteiger partial charge in [0.15, 0.2) is 0 Å². The highest BCUT2D eigenvalue weighted by molar-refractivity contribution is 7.00. The lowest BCUT2D eigenvalue weighted by Crippen LogP contribution is -2.61. The van der Waals surface area contributed by atoms with Crippen molar-refractivity contribution in [2.75, 3.05) is 9.80 Å². The van der Waals surface area contributed by atoms with Gasteiger partial charge in [0.25, 0.3) is 6.71 Å². The quantitative estimate of drug-likeness (QED) is 0.162. The molecule has 2 aromatic heterocycles. The second-order valence-electron chi connectivity index (χ2n) is 25.2. The van der Waals surface area contributed by atoms with Crippen LogP contribution in [0.4, 0.5) is 22.7 Å². The number of anilines is 4. The van der Waals surface area contributed by atoms with Crippen molar-refractivity contribution in [1.29, 1.82) is 0 Å². The van der Waals surface area contributed by atoms with E-state index in [9.17, 15) is 0 Å². The summed E-state index contributed by atoms with van der Waals surface area (Å²) in [4.78, 5) is 5.41. The minimum atomic E-state index is -0.154. The third-order valence-electron chi connectivity index (χ3n) is 18.1. The van der Waals surface area contributed by atoms with Crippen molar-refractivity contribution >= 4 is 78.8 Å². The maximum atomic E-state index is 7.11. The predicted octanol–water partition coefficient (Wildman–Crippen LogP) is 14.8. The molecule has 0 saturated heterocycles. The van der Waals surface area contributed by atoms with Crippen LogP contribution in [0.3, 0.4) is 0 Å². The van der Waals surface area contributed by atoms with Crippen LogP contribution in [0.5, 0.6) is 5.75 Å². The van der Waals surface area contributed by atoms with Gasteiger partial charge in [0.2, 0.25) is 5.71 Å². The molecule has 0 amide bonds. The number of ether oxygens (including phenoxy) is 1. The highest BCUT2D eigenvalue weighted by atomic mass is 16.5. The zero-order chi connectivity index (χ0) is 48.2. The number of allylic oxidation sites excluding steroid dienone is 3. The third-order valence-corrected chi connectivity index (χ3v) is 18.1. The molecule has 6 aliphatic rings. The fourth-order valence-corrected chi connectivity index (χ4v) is 14.1. The number of para-hydroxylation sites is 2. The van der Waals surface area contributed by atoms with E-state index < -0.39 is 0 Å². The zero-order valence-electron chi connectivity index (χ0n) is 42.9. The first kappa shape index (κ1) is 42.5. The van der Waals surface area contributed by atoms with Crippen LogP contribution in [-0.2, 0) is 21.7 Å². The summed E-state index contributed by atoms with van der Waals surface area (Å²) < 4.78 is 16.7. The molecular formula is C64H64BN3O2. The molecule has 3 atom stereocenters. The summed E-state index contributed by atoms with van der Waals surface area (Å²) in [6.45, 7) is 26.4. The summed E-state index contributed by atoms with van der Waals surface area (Å²) in [6, 6.07) is 42.4. The number of hydrogen-bond donors (Lipinski definition) is 0. The Morgan fingerprint density at radius 2 is 1.37 bits per heavy atom. The fourth-order valence-electron chi connectivity index (χ4n) is 14.1. The van der Waals surface area contributed by atoms with E-state index in [1.54, 1.807) is 0 Å². The molecule has 2 aliphatic carbocycles. The summed E-state index contributed by atoms with van der Waals surface area (Å²) in [7, 11) is 0. The van der Waals surface area contributed by atoms with Gasteiger partial charge in [-0.3, -0.25) is 4.57 Å². The van der Waals surface area contributed by atoms with Gasteiger partial charge in [0, 0.05) is 50.2 Å². The minimum Gasteiger partial charge on any atom is -0.459 e. The Hall–Kier alpha value is -6.40. The maximum Gasteiger partial charge on any atom is 0.252 e. The van der Waals surface area contributed by atoms with E-state index in [4.69, 9.17) is 9.15 Å². The zero-order valence-corrected chi connectivity index (χ0v) is 42.9. The number of nitrogens with zero attached hydrogens (tertiary/aromatic N) is 3. The van der Waals surface area contributed by atoms with Crippen LogP contribution in [0.2, 0.25) is 0 Å². The lowest BCUT2D eigenvalue weighted by Gasteiger charge is -2.50. The highest BCUT2D eigenvalue weighted by Crippen LogP contribution is 2.62. The smallest absolute Gasteiger partial charge is 0.252 e. The van der Waals surface area contributed by atoms with Crippen LogP contribution in [-0.4, -0.2) is 16.8 Å². The predicted molar refractivity (Wildman–Crippen MR) is 293 cm³/mol. The molecule has 3 unspecified atom stereocenters. The van der Waals surface area contributed by atoms with E-state index in [0.717, 1.165) is 41.3 Å². The molecule has 14 rings (SSSR count). The topological polar surface area (TPSA) is 33.8 Å². The van der Waals surface area contributed by atoms with E-state index in [2.05, 4.69) is 212 Å². The maximum absolute atomic E-state index is 7.11. The van der Waals surface area contributed by atoms with Crippen molar-refractivity contribution in [2.24, 2.45) is 0 Å². The van der Waals surface area contributed by atoms with Crippen molar-refractivity contribution in [3.8, 4) is 11.4 Å². The molecular weight excluding hydrogens is 854 g/mol. The third kappa shape index (κ3) is 5.46. The highest BCUT2D eigenvalue weighted by Gasteiger charge is 2.58. The Bertz CT molecular complexity index is 3690. The van der Waals surface area contributed by atoms with Gasteiger partial charge in [-0.1, -0.05) is 149 Å². The number of aromatic nitrogens is 1. The normalized spacial score (nSPS) is 22.1. The Morgan fingerprint density at radius 1 is 0.643 bits per heavy atom. The molecule has 8 aromatic rings. The van der Waals surface area contributed by atoms with Gasteiger partial charge < -0.3 is 19.0 Å². The molecule has 1 fully saturated rings. The molecule has 6 aromatic carbocycles.